The highest BCUT2D eigenvalue weighted by Gasteiger charge is 2.10. The molecule has 0 saturated carbocycles. The van der Waals surface area contributed by atoms with Crippen molar-refractivity contribution in [3.8, 4) is 5.69 Å². The van der Waals surface area contributed by atoms with Gasteiger partial charge in [0.05, 0.1) is 15.8 Å². The van der Waals surface area contributed by atoms with Gasteiger partial charge in [0.1, 0.15) is 0 Å². The van der Waals surface area contributed by atoms with Crippen LogP contribution >= 0.6 is 11.5 Å². The SMILES string of the molecule is Cc1cccc2sn(-c3ccccc3)c(=O)c12. The molecule has 1 aromatic heterocycles. The second-order valence-electron chi connectivity index (χ2n) is 3.97. The average Bonchev–Trinajstić information content (AvgIpc) is 2.69. The van der Waals surface area contributed by atoms with Gasteiger partial charge in [-0.2, -0.15) is 0 Å². The summed E-state index contributed by atoms with van der Waals surface area (Å²) in [6.45, 7) is 1.98. The van der Waals surface area contributed by atoms with Crippen molar-refractivity contribution in [2.24, 2.45) is 0 Å². The van der Waals surface area contributed by atoms with Gasteiger partial charge in [0, 0.05) is 0 Å². The Morgan fingerprint density at radius 1 is 1.00 bits per heavy atom. The lowest BCUT2D eigenvalue weighted by Crippen LogP contribution is -2.11. The van der Waals surface area contributed by atoms with Crippen molar-refractivity contribution in [1.29, 1.82) is 0 Å². The average molecular weight is 241 g/mol. The first-order valence-electron chi connectivity index (χ1n) is 5.44. The highest BCUT2D eigenvalue weighted by molar-refractivity contribution is 7.14. The number of benzene rings is 2. The minimum absolute atomic E-state index is 0.0781. The van der Waals surface area contributed by atoms with Crippen LogP contribution in [0.2, 0.25) is 0 Å². The summed E-state index contributed by atoms with van der Waals surface area (Å²) in [6.07, 6.45) is 0. The van der Waals surface area contributed by atoms with E-state index in [0.29, 0.717) is 0 Å². The third kappa shape index (κ3) is 1.59. The van der Waals surface area contributed by atoms with Gasteiger partial charge in [-0.15, -0.1) is 0 Å². The molecule has 0 atom stereocenters. The van der Waals surface area contributed by atoms with E-state index < -0.39 is 0 Å². The van der Waals surface area contributed by atoms with Crippen LogP contribution in [0.15, 0.2) is 53.3 Å². The number of para-hydroxylation sites is 1. The summed E-state index contributed by atoms with van der Waals surface area (Å²) in [5.41, 5.74) is 2.05. The van der Waals surface area contributed by atoms with Crippen LogP contribution in [0.25, 0.3) is 15.8 Å². The van der Waals surface area contributed by atoms with Crippen LogP contribution in [0.5, 0.6) is 0 Å². The maximum Gasteiger partial charge on any atom is 0.273 e. The van der Waals surface area contributed by atoms with Crippen LogP contribution in [0.4, 0.5) is 0 Å². The molecule has 0 fully saturated rings. The molecule has 0 bridgehead atoms. The fourth-order valence-electron chi connectivity index (χ4n) is 1.97. The zero-order chi connectivity index (χ0) is 11.8. The summed E-state index contributed by atoms with van der Waals surface area (Å²) in [5.74, 6) is 0. The van der Waals surface area contributed by atoms with Gasteiger partial charge in [0.25, 0.3) is 5.56 Å². The molecular formula is C14H11NOS. The van der Waals surface area contributed by atoms with Gasteiger partial charge in [-0.3, -0.25) is 4.79 Å². The van der Waals surface area contributed by atoms with Crippen molar-refractivity contribution >= 4 is 21.6 Å². The molecule has 0 aliphatic carbocycles. The Bertz CT molecular complexity index is 725. The molecule has 0 N–H and O–H groups in total. The minimum Gasteiger partial charge on any atom is -0.267 e. The van der Waals surface area contributed by atoms with Crippen LogP contribution in [0.3, 0.4) is 0 Å². The Morgan fingerprint density at radius 3 is 2.47 bits per heavy atom. The number of hydrogen-bond donors (Lipinski definition) is 0. The molecule has 17 heavy (non-hydrogen) atoms. The zero-order valence-electron chi connectivity index (χ0n) is 9.38. The van der Waals surface area contributed by atoms with Crippen LogP contribution in [0, 0.1) is 6.92 Å². The molecule has 2 nitrogen and oxygen atoms in total. The van der Waals surface area contributed by atoms with Crippen molar-refractivity contribution in [2.75, 3.05) is 0 Å². The van der Waals surface area contributed by atoms with Crippen molar-refractivity contribution in [3.05, 3.63) is 64.4 Å². The Morgan fingerprint density at radius 2 is 1.76 bits per heavy atom. The fourth-order valence-corrected chi connectivity index (χ4v) is 3.04. The van der Waals surface area contributed by atoms with E-state index in [4.69, 9.17) is 0 Å². The van der Waals surface area contributed by atoms with Gasteiger partial charge < -0.3 is 0 Å². The highest BCUT2D eigenvalue weighted by atomic mass is 32.1. The van der Waals surface area contributed by atoms with Crippen molar-refractivity contribution < 1.29 is 0 Å². The summed E-state index contributed by atoms with van der Waals surface area (Å²) >= 11 is 1.50. The number of fused-ring (bicyclic) bond motifs is 1. The summed E-state index contributed by atoms with van der Waals surface area (Å²) < 4.78 is 2.79. The molecule has 0 aliphatic rings. The van der Waals surface area contributed by atoms with E-state index in [9.17, 15) is 4.79 Å². The normalized spacial score (nSPS) is 10.9. The fraction of sp³-hybridized carbons (Fsp3) is 0.0714. The lowest BCUT2D eigenvalue weighted by molar-refractivity contribution is 1.14. The van der Waals surface area contributed by atoms with Crippen molar-refractivity contribution in [2.45, 2.75) is 6.92 Å². The van der Waals surface area contributed by atoms with E-state index in [-0.39, 0.29) is 5.56 Å². The molecule has 1 heterocycles. The molecule has 0 radical (unpaired) electrons. The maximum atomic E-state index is 12.3. The van der Waals surface area contributed by atoms with E-state index in [0.717, 1.165) is 21.3 Å². The number of nitrogens with zero attached hydrogens (tertiary/aromatic N) is 1. The predicted octanol–water partition coefficient (Wildman–Crippen LogP) is 3.36. The van der Waals surface area contributed by atoms with Gasteiger partial charge in [-0.25, -0.2) is 3.96 Å². The Labute approximate surface area is 103 Å². The quantitative estimate of drug-likeness (QED) is 0.640. The van der Waals surface area contributed by atoms with Crippen molar-refractivity contribution in [1.82, 2.24) is 3.96 Å². The van der Waals surface area contributed by atoms with Crippen molar-refractivity contribution in [3.63, 3.8) is 0 Å². The Hall–Kier alpha value is -1.87. The molecule has 3 aromatic rings. The molecular weight excluding hydrogens is 230 g/mol. The largest absolute Gasteiger partial charge is 0.273 e. The number of hydrogen-bond acceptors (Lipinski definition) is 2. The molecule has 3 rings (SSSR count). The summed E-state index contributed by atoms with van der Waals surface area (Å²) in [6, 6.07) is 15.7. The van der Waals surface area contributed by atoms with E-state index in [1.807, 2.05) is 55.5 Å². The smallest absolute Gasteiger partial charge is 0.267 e. The molecule has 0 amide bonds. The van der Waals surface area contributed by atoms with Crippen LogP contribution in [0.1, 0.15) is 5.56 Å². The monoisotopic (exact) mass is 241 g/mol. The molecule has 0 aliphatic heterocycles. The summed E-state index contributed by atoms with van der Waals surface area (Å²) in [4.78, 5) is 12.3. The standard InChI is InChI=1S/C14H11NOS/c1-10-6-5-9-12-13(10)14(16)15(17-12)11-7-3-2-4-8-11/h2-9H,1H3. The third-order valence-electron chi connectivity index (χ3n) is 2.81. The van der Waals surface area contributed by atoms with Gasteiger partial charge >= 0.3 is 0 Å². The first-order chi connectivity index (χ1) is 8.27. The van der Waals surface area contributed by atoms with E-state index in [2.05, 4.69) is 0 Å². The Kier molecular flexibility index (Phi) is 2.34. The summed E-state index contributed by atoms with van der Waals surface area (Å²) in [5, 5.41) is 0.835. The van der Waals surface area contributed by atoms with E-state index in [1.54, 1.807) is 3.96 Å². The van der Waals surface area contributed by atoms with E-state index in [1.165, 1.54) is 11.5 Å². The number of rotatable bonds is 1. The number of aromatic nitrogens is 1. The lowest BCUT2D eigenvalue weighted by Gasteiger charge is -1.97. The first kappa shape index (κ1) is 10.3. The second-order valence-corrected chi connectivity index (χ2v) is 4.96. The third-order valence-corrected chi connectivity index (χ3v) is 3.91. The van der Waals surface area contributed by atoms with E-state index >= 15 is 0 Å². The molecule has 0 saturated heterocycles. The number of aryl methyl sites for hydroxylation is 1. The van der Waals surface area contributed by atoms with Gasteiger partial charge in [0.2, 0.25) is 0 Å². The van der Waals surface area contributed by atoms with Gasteiger partial charge in [0.15, 0.2) is 0 Å². The summed E-state index contributed by atoms with van der Waals surface area (Å²) in [7, 11) is 0. The molecule has 0 unspecified atom stereocenters. The molecule has 2 aromatic carbocycles. The highest BCUT2D eigenvalue weighted by Crippen LogP contribution is 2.22. The van der Waals surface area contributed by atoms with Crippen LogP contribution in [-0.4, -0.2) is 3.96 Å². The maximum absolute atomic E-state index is 12.3. The predicted molar refractivity (Wildman–Crippen MR) is 72.2 cm³/mol. The molecule has 3 heteroatoms. The second kappa shape index (κ2) is 3.86. The molecule has 84 valence electrons. The zero-order valence-corrected chi connectivity index (χ0v) is 10.2. The van der Waals surface area contributed by atoms with Gasteiger partial charge in [-0.1, -0.05) is 41.9 Å². The Balaban J connectivity index is 2.37. The van der Waals surface area contributed by atoms with Crippen LogP contribution < -0.4 is 5.56 Å². The topological polar surface area (TPSA) is 22.0 Å². The lowest BCUT2D eigenvalue weighted by atomic mass is 10.2. The van der Waals surface area contributed by atoms with Crippen LogP contribution in [-0.2, 0) is 0 Å². The van der Waals surface area contributed by atoms with Gasteiger partial charge in [-0.05, 0) is 30.7 Å². The minimum atomic E-state index is 0.0781. The first-order valence-corrected chi connectivity index (χ1v) is 6.22. The molecule has 0 spiro atoms.